The summed E-state index contributed by atoms with van der Waals surface area (Å²) in [6.45, 7) is 3.75. The Morgan fingerprint density at radius 2 is 1.34 bits per heavy atom. The van der Waals surface area contributed by atoms with Crippen LogP contribution in [0.5, 0.6) is 0 Å². The molecule has 14 heteroatoms. The maximum Gasteiger partial charge on any atom is 0.338 e. The number of rotatable bonds is 8. The fraction of sp³-hybridized carbons (Fsp3) is 0.476. The third-order valence-electron chi connectivity index (χ3n) is 4.49. The zero-order valence-electron chi connectivity index (χ0n) is 19.2. The summed E-state index contributed by atoms with van der Waals surface area (Å²) in [4.78, 5) is 69.6. The van der Waals surface area contributed by atoms with Gasteiger partial charge in [0.15, 0.2) is 12.2 Å². The first-order chi connectivity index (χ1) is 16.4. The van der Waals surface area contributed by atoms with Gasteiger partial charge in [0.1, 0.15) is 12.7 Å². The number of nitro groups is 1. The molecule has 1 aromatic rings. The molecule has 1 fully saturated rings. The summed E-state index contributed by atoms with van der Waals surface area (Å²) in [5.41, 5.74) is -0.398. The van der Waals surface area contributed by atoms with Gasteiger partial charge in [-0.15, -0.1) is 0 Å². The van der Waals surface area contributed by atoms with Gasteiger partial charge in [0.25, 0.3) is 5.69 Å². The molecule has 0 saturated carbocycles. The quantitative estimate of drug-likeness (QED) is 0.213. The number of nitrogens with zero attached hydrogens (tertiary/aromatic N) is 1. The van der Waals surface area contributed by atoms with Crippen molar-refractivity contribution in [3.63, 3.8) is 0 Å². The summed E-state index contributed by atoms with van der Waals surface area (Å²) in [6, 6.07) is 4.39. The highest BCUT2D eigenvalue weighted by molar-refractivity contribution is 5.89. The first-order valence-corrected chi connectivity index (χ1v) is 10.1. The molecule has 0 N–H and O–H groups in total. The number of ether oxygens (including phenoxy) is 6. The Kier molecular flexibility index (Phi) is 9.22. The van der Waals surface area contributed by atoms with Crippen molar-refractivity contribution in [2.24, 2.45) is 0 Å². The van der Waals surface area contributed by atoms with E-state index in [0.717, 1.165) is 52.0 Å². The average Bonchev–Trinajstić information content (AvgIpc) is 2.75. The molecule has 1 saturated heterocycles. The molecule has 2 rings (SSSR count). The molecule has 190 valence electrons. The molecule has 1 aliphatic rings. The van der Waals surface area contributed by atoms with Crippen LogP contribution < -0.4 is 0 Å². The van der Waals surface area contributed by atoms with Crippen LogP contribution in [-0.4, -0.2) is 72.1 Å². The summed E-state index contributed by atoms with van der Waals surface area (Å²) in [5, 5.41) is 10.9. The number of nitro benzene ring substituents is 1. The molecule has 0 aromatic heterocycles. The zero-order valence-corrected chi connectivity index (χ0v) is 19.2. The van der Waals surface area contributed by atoms with Crippen LogP contribution in [0.2, 0.25) is 0 Å². The van der Waals surface area contributed by atoms with Gasteiger partial charge in [-0.05, 0) is 12.1 Å². The lowest BCUT2D eigenvalue weighted by molar-refractivity contribution is -0.384. The smallest absolute Gasteiger partial charge is 0.338 e. The fourth-order valence-electron chi connectivity index (χ4n) is 3.17. The minimum atomic E-state index is -1.63. The van der Waals surface area contributed by atoms with Gasteiger partial charge in [-0.3, -0.25) is 29.3 Å². The number of esters is 5. The molecule has 35 heavy (non-hydrogen) atoms. The van der Waals surface area contributed by atoms with E-state index in [0.29, 0.717) is 0 Å². The fourth-order valence-corrected chi connectivity index (χ4v) is 3.17. The maximum atomic E-state index is 12.9. The highest BCUT2D eigenvalue weighted by Crippen LogP contribution is 2.30. The van der Waals surface area contributed by atoms with Crippen molar-refractivity contribution < 1.29 is 57.3 Å². The maximum absolute atomic E-state index is 12.9. The van der Waals surface area contributed by atoms with E-state index in [1.54, 1.807) is 0 Å². The molecule has 1 heterocycles. The van der Waals surface area contributed by atoms with Crippen molar-refractivity contribution in [2.75, 3.05) is 6.61 Å². The second-order valence-electron chi connectivity index (χ2n) is 7.28. The Hall–Kier alpha value is -4.07. The lowest BCUT2D eigenvalue weighted by Gasteiger charge is -2.43. The van der Waals surface area contributed by atoms with Gasteiger partial charge in [-0.1, -0.05) is 0 Å². The molecule has 0 amide bonds. The van der Waals surface area contributed by atoms with Gasteiger partial charge >= 0.3 is 29.8 Å². The molecule has 14 nitrogen and oxygen atoms in total. The average molecular weight is 497 g/mol. The highest BCUT2D eigenvalue weighted by atomic mass is 16.7. The van der Waals surface area contributed by atoms with Gasteiger partial charge in [0.2, 0.25) is 12.4 Å². The number of hydrogen-bond donors (Lipinski definition) is 0. The molecule has 0 spiro atoms. The molecule has 1 aromatic carbocycles. The van der Waals surface area contributed by atoms with E-state index in [4.69, 9.17) is 28.4 Å². The first kappa shape index (κ1) is 27.2. The van der Waals surface area contributed by atoms with Crippen molar-refractivity contribution in [2.45, 2.75) is 58.4 Å². The molecular formula is C21H23NO13. The van der Waals surface area contributed by atoms with E-state index in [1.807, 2.05) is 0 Å². The number of non-ortho nitro benzene ring substituents is 1. The van der Waals surface area contributed by atoms with Crippen molar-refractivity contribution in [1.29, 1.82) is 0 Å². The minimum Gasteiger partial charge on any atom is -0.463 e. The predicted octanol–water partition coefficient (Wildman–Crippen LogP) is 0.835. The van der Waals surface area contributed by atoms with E-state index in [1.165, 1.54) is 0 Å². The first-order valence-electron chi connectivity index (χ1n) is 10.1. The number of carbonyl (C=O) groups excluding carboxylic acids is 5. The molecule has 0 radical (unpaired) electrons. The van der Waals surface area contributed by atoms with Gasteiger partial charge in [0, 0.05) is 39.8 Å². The summed E-state index contributed by atoms with van der Waals surface area (Å²) >= 11 is 0. The minimum absolute atomic E-state index is 0.120. The van der Waals surface area contributed by atoms with Crippen LogP contribution in [0, 0.1) is 10.1 Å². The van der Waals surface area contributed by atoms with Gasteiger partial charge < -0.3 is 28.4 Å². The molecule has 0 aliphatic carbocycles. The van der Waals surface area contributed by atoms with E-state index in [-0.39, 0.29) is 11.3 Å². The Balaban J connectivity index is 2.47. The lowest BCUT2D eigenvalue weighted by atomic mass is 9.98. The molecule has 5 atom stereocenters. The topological polar surface area (TPSA) is 184 Å². The van der Waals surface area contributed by atoms with Crippen molar-refractivity contribution in [3.05, 3.63) is 39.9 Å². The van der Waals surface area contributed by atoms with Gasteiger partial charge in [0.05, 0.1) is 10.5 Å². The third kappa shape index (κ3) is 7.74. The van der Waals surface area contributed by atoms with Crippen molar-refractivity contribution in [1.82, 2.24) is 0 Å². The SMILES string of the molecule is CC(=O)OC[C@H]1O[C@H](OC(C)=O)[C@@H](OC(C)=O)[C@@H](OC(=O)c2ccc([N+](=O)[O-])cc2)[C@@H]1OC(C)=O. The Morgan fingerprint density at radius 1 is 0.800 bits per heavy atom. The molecular weight excluding hydrogens is 474 g/mol. The van der Waals surface area contributed by atoms with Crippen LogP contribution >= 0.6 is 0 Å². The monoisotopic (exact) mass is 497 g/mol. The van der Waals surface area contributed by atoms with Crippen LogP contribution in [0.3, 0.4) is 0 Å². The normalized spacial score (nSPS) is 23.4. The van der Waals surface area contributed by atoms with E-state index in [9.17, 15) is 34.1 Å². The number of carbonyl (C=O) groups is 5. The van der Waals surface area contributed by atoms with Gasteiger partial charge in [-0.2, -0.15) is 0 Å². The molecule has 0 unspecified atom stereocenters. The molecule has 0 bridgehead atoms. The van der Waals surface area contributed by atoms with Crippen LogP contribution in [0.1, 0.15) is 38.1 Å². The summed E-state index contributed by atoms with van der Waals surface area (Å²) in [6.07, 6.45) is -7.57. The van der Waals surface area contributed by atoms with Crippen molar-refractivity contribution >= 4 is 35.5 Å². The zero-order chi connectivity index (χ0) is 26.3. The Labute approximate surface area is 198 Å². The van der Waals surface area contributed by atoms with Crippen LogP contribution in [0.15, 0.2) is 24.3 Å². The van der Waals surface area contributed by atoms with Gasteiger partial charge in [-0.25, -0.2) is 4.79 Å². The number of hydrogen-bond acceptors (Lipinski definition) is 13. The third-order valence-corrected chi connectivity index (χ3v) is 4.49. The second kappa shape index (κ2) is 11.9. The summed E-state index contributed by atoms with van der Waals surface area (Å²) in [5.74, 6) is -4.29. The van der Waals surface area contributed by atoms with E-state index < -0.39 is 72.1 Å². The summed E-state index contributed by atoms with van der Waals surface area (Å²) in [7, 11) is 0. The second-order valence-corrected chi connectivity index (χ2v) is 7.28. The number of benzene rings is 1. The van der Waals surface area contributed by atoms with E-state index in [2.05, 4.69) is 0 Å². The van der Waals surface area contributed by atoms with Crippen molar-refractivity contribution in [3.8, 4) is 0 Å². The standard InChI is InChI=1S/C21H23NO13/c1-10(23)30-9-16-17(31-11(2)24)18(19(32-12(3)25)21(34-16)33-13(4)26)35-20(27)14-5-7-15(8-6-14)22(28)29/h5-8,16-19,21H,9H2,1-4H3/t16-,17-,18+,19+,21+/m1/s1. The largest absolute Gasteiger partial charge is 0.463 e. The van der Waals surface area contributed by atoms with Crippen LogP contribution in [0.25, 0.3) is 0 Å². The predicted molar refractivity (Wildman–Crippen MR) is 110 cm³/mol. The Bertz CT molecular complexity index is 989. The van der Waals surface area contributed by atoms with Crippen LogP contribution in [-0.2, 0) is 47.6 Å². The lowest BCUT2D eigenvalue weighted by Crippen LogP contribution is -2.63. The van der Waals surface area contributed by atoms with Crippen LogP contribution in [0.4, 0.5) is 5.69 Å². The molecule has 1 aliphatic heterocycles. The Morgan fingerprint density at radius 3 is 1.83 bits per heavy atom. The highest BCUT2D eigenvalue weighted by Gasteiger charge is 2.53. The van der Waals surface area contributed by atoms with E-state index >= 15 is 0 Å². The summed E-state index contributed by atoms with van der Waals surface area (Å²) < 4.78 is 31.5.